The smallest absolute Gasteiger partial charge is 0.220 e. The number of nitrogens with zero attached hydrogens (tertiary/aromatic N) is 5. The minimum Gasteiger partial charge on any atom is -0.333 e. The monoisotopic (exact) mass is 375 g/mol. The molecule has 2 aromatic heterocycles. The lowest BCUT2D eigenvalue weighted by Crippen LogP contribution is -2.38. The summed E-state index contributed by atoms with van der Waals surface area (Å²) < 4.78 is 1.99. The highest BCUT2D eigenvalue weighted by molar-refractivity contribution is 5.73. The van der Waals surface area contributed by atoms with Crippen molar-refractivity contribution in [3.63, 3.8) is 0 Å². The average Bonchev–Trinajstić information content (AvgIpc) is 3.18. The van der Waals surface area contributed by atoms with Gasteiger partial charge in [-0.1, -0.05) is 30.3 Å². The number of hydrogen-bond donors (Lipinski definition) is 0. The molecule has 0 aliphatic carbocycles. The molecule has 6 heteroatoms. The van der Waals surface area contributed by atoms with E-state index in [2.05, 4.69) is 29.2 Å². The predicted molar refractivity (Wildman–Crippen MR) is 107 cm³/mol. The molecule has 1 fully saturated rings. The molecule has 1 aliphatic rings. The number of aromatic nitrogens is 4. The van der Waals surface area contributed by atoms with Gasteiger partial charge in [-0.3, -0.25) is 9.78 Å². The van der Waals surface area contributed by atoms with Crippen LogP contribution in [-0.4, -0.2) is 37.1 Å². The molecule has 1 amide bonds. The highest BCUT2D eigenvalue weighted by Crippen LogP contribution is 2.31. The van der Waals surface area contributed by atoms with Gasteiger partial charge in [0.15, 0.2) is 5.82 Å². The van der Waals surface area contributed by atoms with Crippen molar-refractivity contribution < 1.29 is 4.79 Å². The summed E-state index contributed by atoms with van der Waals surface area (Å²) >= 11 is 0. The summed E-state index contributed by atoms with van der Waals surface area (Å²) in [6.07, 6.45) is 7.46. The molecule has 0 radical (unpaired) electrons. The van der Waals surface area contributed by atoms with Crippen LogP contribution < -0.4 is 0 Å². The zero-order chi connectivity index (χ0) is 19.3. The van der Waals surface area contributed by atoms with Crippen LogP contribution in [0.5, 0.6) is 0 Å². The summed E-state index contributed by atoms with van der Waals surface area (Å²) in [5, 5.41) is 4.80. The van der Waals surface area contributed by atoms with Crippen LogP contribution in [0, 0.1) is 0 Å². The number of carbonyl (C=O) groups is 1. The minimum atomic E-state index is -0.00916. The van der Waals surface area contributed by atoms with Gasteiger partial charge in [-0.15, -0.1) is 0 Å². The number of hydrogen-bond acceptors (Lipinski definition) is 4. The Labute approximate surface area is 165 Å². The Kier molecular flexibility index (Phi) is 5.46. The highest BCUT2D eigenvalue weighted by Gasteiger charge is 2.30. The number of likely N-dealkylation sites (tertiary alicyclic amines) is 1. The van der Waals surface area contributed by atoms with Gasteiger partial charge in [0.25, 0.3) is 0 Å². The number of carbonyl (C=O) groups excluding carboxylic acids is 1. The van der Waals surface area contributed by atoms with Gasteiger partial charge in [0.2, 0.25) is 5.91 Å². The van der Waals surface area contributed by atoms with Crippen LogP contribution >= 0.6 is 0 Å². The van der Waals surface area contributed by atoms with E-state index < -0.39 is 0 Å². The molecule has 1 aromatic carbocycles. The Morgan fingerprint density at radius 2 is 1.89 bits per heavy atom. The maximum atomic E-state index is 12.2. The van der Waals surface area contributed by atoms with Crippen molar-refractivity contribution in [3.05, 3.63) is 66.2 Å². The van der Waals surface area contributed by atoms with Gasteiger partial charge in [0, 0.05) is 38.0 Å². The first-order valence-corrected chi connectivity index (χ1v) is 9.88. The summed E-state index contributed by atoms with van der Waals surface area (Å²) in [4.78, 5) is 23.1. The van der Waals surface area contributed by atoms with Crippen LogP contribution in [0.1, 0.15) is 43.6 Å². The second-order valence-corrected chi connectivity index (χ2v) is 7.21. The summed E-state index contributed by atoms with van der Waals surface area (Å²) in [7, 11) is 0. The molecule has 0 N–H and O–H groups in total. The van der Waals surface area contributed by atoms with Crippen LogP contribution in [0.4, 0.5) is 0 Å². The molecule has 1 unspecified atom stereocenters. The van der Waals surface area contributed by atoms with Gasteiger partial charge in [0.05, 0.1) is 6.04 Å². The fraction of sp³-hybridized carbons (Fsp3) is 0.364. The lowest BCUT2D eigenvalue weighted by atomic mass is 10.0. The van der Waals surface area contributed by atoms with E-state index in [9.17, 15) is 4.79 Å². The van der Waals surface area contributed by atoms with E-state index in [0.29, 0.717) is 5.82 Å². The first kappa shape index (κ1) is 18.3. The number of rotatable bonds is 5. The van der Waals surface area contributed by atoms with Gasteiger partial charge in [0.1, 0.15) is 5.82 Å². The van der Waals surface area contributed by atoms with Crippen molar-refractivity contribution in [2.75, 3.05) is 6.54 Å². The van der Waals surface area contributed by atoms with E-state index in [-0.39, 0.29) is 11.9 Å². The third kappa shape index (κ3) is 3.96. The maximum absolute atomic E-state index is 12.2. The van der Waals surface area contributed by atoms with E-state index in [1.165, 1.54) is 5.56 Å². The van der Waals surface area contributed by atoms with Crippen molar-refractivity contribution in [3.8, 4) is 11.4 Å². The Morgan fingerprint density at radius 1 is 1.11 bits per heavy atom. The summed E-state index contributed by atoms with van der Waals surface area (Å²) in [5.41, 5.74) is 2.21. The SMILES string of the molecule is CC(=O)N1CCCCC1c1nc(-c2ccncc2)nn1CCc1ccccc1. The van der Waals surface area contributed by atoms with Gasteiger partial charge in [-0.2, -0.15) is 5.10 Å². The molecule has 4 rings (SSSR count). The molecule has 144 valence electrons. The van der Waals surface area contributed by atoms with Crippen LogP contribution in [-0.2, 0) is 17.8 Å². The Balaban J connectivity index is 1.68. The largest absolute Gasteiger partial charge is 0.333 e. The van der Waals surface area contributed by atoms with Crippen molar-refractivity contribution in [1.82, 2.24) is 24.6 Å². The number of piperidine rings is 1. The topological polar surface area (TPSA) is 63.9 Å². The van der Waals surface area contributed by atoms with Crippen molar-refractivity contribution in [2.45, 2.75) is 45.2 Å². The summed E-state index contributed by atoms with van der Waals surface area (Å²) in [5.74, 6) is 1.69. The molecule has 28 heavy (non-hydrogen) atoms. The van der Waals surface area contributed by atoms with Crippen molar-refractivity contribution >= 4 is 5.91 Å². The molecule has 1 atom stereocenters. The second kappa shape index (κ2) is 8.33. The molecule has 6 nitrogen and oxygen atoms in total. The molecule has 1 saturated heterocycles. The molecule has 1 aliphatic heterocycles. The standard InChI is InChI=1S/C22H25N5O/c1-17(28)26-15-6-5-9-20(26)22-24-21(19-10-13-23-14-11-19)25-27(22)16-12-18-7-3-2-4-8-18/h2-4,7-8,10-11,13-14,20H,5-6,9,12,15-16H2,1H3. The van der Waals surface area contributed by atoms with Crippen LogP contribution in [0.25, 0.3) is 11.4 Å². The number of benzene rings is 1. The van der Waals surface area contributed by atoms with E-state index in [0.717, 1.165) is 50.2 Å². The van der Waals surface area contributed by atoms with Crippen molar-refractivity contribution in [1.29, 1.82) is 0 Å². The molecule has 0 spiro atoms. The fourth-order valence-electron chi connectivity index (χ4n) is 3.85. The van der Waals surface area contributed by atoms with Crippen molar-refractivity contribution in [2.24, 2.45) is 0 Å². The second-order valence-electron chi connectivity index (χ2n) is 7.21. The van der Waals surface area contributed by atoms with Gasteiger partial charge < -0.3 is 4.90 Å². The fourth-order valence-corrected chi connectivity index (χ4v) is 3.85. The molecule has 0 bridgehead atoms. The molecular formula is C22H25N5O. The maximum Gasteiger partial charge on any atom is 0.220 e. The van der Waals surface area contributed by atoms with Crippen LogP contribution in [0.2, 0.25) is 0 Å². The Morgan fingerprint density at radius 3 is 2.64 bits per heavy atom. The quantitative estimate of drug-likeness (QED) is 0.683. The molecule has 3 heterocycles. The Bertz CT molecular complexity index is 923. The predicted octanol–water partition coefficient (Wildman–Crippen LogP) is 3.66. The Hall–Kier alpha value is -3.02. The lowest BCUT2D eigenvalue weighted by Gasteiger charge is -2.34. The normalized spacial score (nSPS) is 16.9. The zero-order valence-electron chi connectivity index (χ0n) is 16.2. The number of aryl methyl sites for hydroxylation is 2. The molecule has 0 saturated carbocycles. The highest BCUT2D eigenvalue weighted by atomic mass is 16.2. The average molecular weight is 375 g/mol. The minimum absolute atomic E-state index is 0.00916. The number of amides is 1. The van der Waals surface area contributed by atoms with E-state index in [1.807, 2.05) is 27.8 Å². The third-order valence-corrected chi connectivity index (χ3v) is 5.30. The lowest BCUT2D eigenvalue weighted by molar-refractivity contribution is -0.132. The van der Waals surface area contributed by atoms with E-state index in [4.69, 9.17) is 10.1 Å². The van der Waals surface area contributed by atoms with Gasteiger partial charge >= 0.3 is 0 Å². The van der Waals surface area contributed by atoms with Gasteiger partial charge in [-0.25, -0.2) is 9.67 Å². The van der Waals surface area contributed by atoms with Crippen LogP contribution in [0.15, 0.2) is 54.9 Å². The van der Waals surface area contributed by atoms with E-state index in [1.54, 1.807) is 19.3 Å². The molecule has 3 aromatic rings. The zero-order valence-corrected chi connectivity index (χ0v) is 16.2. The first-order chi connectivity index (χ1) is 13.7. The number of pyridine rings is 1. The summed E-state index contributed by atoms with van der Waals surface area (Å²) in [6, 6.07) is 14.2. The van der Waals surface area contributed by atoms with Crippen LogP contribution in [0.3, 0.4) is 0 Å². The summed E-state index contributed by atoms with van der Waals surface area (Å²) in [6.45, 7) is 3.17. The third-order valence-electron chi connectivity index (χ3n) is 5.30. The van der Waals surface area contributed by atoms with E-state index >= 15 is 0 Å². The first-order valence-electron chi connectivity index (χ1n) is 9.88. The molecular weight excluding hydrogens is 350 g/mol. The van der Waals surface area contributed by atoms with Gasteiger partial charge in [-0.05, 0) is 43.4 Å².